The second-order valence-electron chi connectivity index (χ2n) is 4.50. The van der Waals surface area contributed by atoms with Crippen molar-refractivity contribution in [2.75, 3.05) is 0 Å². The van der Waals surface area contributed by atoms with Gasteiger partial charge < -0.3 is 0 Å². The van der Waals surface area contributed by atoms with Gasteiger partial charge in [-0.15, -0.1) is 10.2 Å². The average Bonchev–Trinajstić information content (AvgIpc) is 3.04. The first-order valence-electron chi connectivity index (χ1n) is 6.41. The molecule has 0 aliphatic carbocycles. The van der Waals surface area contributed by atoms with Crippen molar-refractivity contribution in [2.24, 2.45) is 0 Å². The molecule has 22 heavy (non-hydrogen) atoms. The van der Waals surface area contributed by atoms with E-state index in [1.807, 2.05) is 30.3 Å². The highest BCUT2D eigenvalue weighted by atomic mass is 16.6. The summed E-state index contributed by atoms with van der Waals surface area (Å²) in [5.74, 6) is -0.322. The molecule has 0 aliphatic rings. The van der Waals surface area contributed by atoms with E-state index < -0.39 is 10.7 Å². The first kappa shape index (κ1) is 13.6. The molecule has 7 heteroatoms. The average molecular weight is 294 g/mol. The van der Waals surface area contributed by atoms with E-state index in [1.165, 1.54) is 30.6 Å². The SMILES string of the molecule is O=C(c1cccc([N+](=O)[O-])c1)c1nncn1-c1ccccc1. The van der Waals surface area contributed by atoms with Crippen molar-refractivity contribution in [3.63, 3.8) is 0 Å². The van der Waals surface area contributed by atoms with Crippen LogP contribution in [0.4, 0.5) is 5.69 Å². The van der Waals surface area contributed by atoms with Gasteiger partial charge in [0.25, 0.3) is 5.69 Å². The zero-order chi connectivity index (χ0) is 15.5. The summed E-state index contributed by atoms with van der Waals surface area (Å²) in [7, 11) is 0. The van der Waals surface area contributed by atoms with Crippen molar-refractivity contribution in [3.8, 4) is 5.69 Å². The molecule has 0 spiro atoms. The quantitative estimate of drug-likeness (QED) is 0.418. The summed E-state index contributed by atoms with van der Waals surface area (Å²) in [6.45, 7) is 0. The van der Waals surface area contributed by atoms with E-state index in [4.69, 9.17) is 0 Å². The molecule has 0 aliphatic heterocycles. The lowest BCUT2D eigenvalue weighted by molar-refractivity contribution is -0.384. The molecule has 3 aromatic rings. The maximum Gasteiger partial charge on any atom is 0.270 e. The van der Waals surface area contributed by atoms with Crippen LogP contribution in [0.15, 0.2) is 60.9 Å². The molecule has 0 fully saturated rings. The van der Waals surface area contributed by atoms with E-state index in [0.717, 1.165) is 5.69 Å². The minimum absolute atomic E-state index is 0.103. The van der Waals surface area contributed by atoms with Crippen molar-refractivity contribution in [1.29, 1.82) is 0 Å². The van der Waals surface area contributed by atoms with E-state index in [1.54, 1.807) is 4.57 Å². The smallest absolute Gasteiger partial charge is 0.270 e. The third-order valence-electron chi connectivity index (χ3n) is 3.10. The molecule has 2 aromatic carbocycles. The molecule has 0 unspecified atom stereocenters. The number of nitro groups is 1. The molecule has 108 valence electrons. The van der Waals surface area contributed by atoms with Crippen LogP contribution in [-0.4, -0.2) is 25.5 Å². The van der Waals surface area contributed by atoms with Crippen LogP contribution >= 0.6 is 0 Å². The Bertz CT molecular complexity index is 843. The van der Waals surface area contributed by atoms with E-state index >= 15 is 0 Å². The molecule has 0 amide bonds. The third-order valence-corrected chi connectivity index (χ3v) is 3.10. The fourth-order valence-corrected chi connectivity index (χ4v) is 2.06. The van der Waals surface area contributed by atoms with Gasteiger partial charge in [0.05, 0.1) is 4.92 Å². The predicted molar refractivity (Wildman–Crippen MR) is 77.9 cm³/mol. The van der Waals surface area contributed by atoms with E-state index in [0.29, 0.717) is 0 Å². The first-order valence-corrected chi connectivity index (χ1v) is 6.41. The standard InChI is InChI=1S/C15H10N4O3/c20-14(11-5-4-8-13(9-11)19(21)22)15-17-16-10-18(15)12-6-2-1-3-7-12/h1-10H. The largest absolute Gasteiger partial charge is 0.285 e. The van der Waals surface area contributed by atoms with Crippen molar-refractivity contribution >= 4 is 11.5 Å². The van der Waals surface area contributed by atoms with Gasteiger partial charge in [0.15, 0.2) is 0 Å². The Hall–Kier alpha value is -3.35. The Labute approximate surface area is 125 Å². The molecule has 1 heterocycles. The molecule has 0 radical (unpaired) electrons. The molecule has 1 aromatic heterocycles. The molecule has 0 N–H and O–H groups in total. The van der Waals surface area contributed by atoms with Crippen molar-refractivity contribution in [1.82, 2.24) is 14.8 Å². The number of hydrogen-bond donors (Lipinski definition) is 0. The fraction of sp³-hybridized carbons (Fsp3) is 0. The third kappa shape index (κ3) is 2.47. The molecule has 0 saturated heterocycles. The van der Waals surface area contributed by atoms with Crippen molar-refractivity contribution in [3.05, 3.63) is 82.4 Å². The summed E-state index contributed by atoms with van der Waals surface area (Å²) < 4.78 is 1.54. The van der Waals surface area contributed by atoms with E-state index in [9.17, 15) is 14.9 Å². The molecule has 0 atom stereocenters. The van der Waals surface area contributed by atoms with Gasteiger partial charge in [-0.3, -0.25) is 19.5 Å². The zero-order valence-electron chi connectivity index (χ0n) is 11.3. The fourth-order valence-electron chi connectivity index (χ4n) is 2.06. The number of benzene rings is 2. The molecular weight excluding hydrogens is 284 g/mol. The lowest BCUT2D eigenvalue weighted by atomic mass is 10.1. The number of rotatable bonds is 4. The van der Waals surface area contributed by atoms with Crippen LogP contribution < -0.4 is 0 Å². The van der Waals surface area contributed by atoms with Crippen LogP contribution in [0, 0.1) is 10.1 Å². The van der Waals surface area contributed by atoms with Gasteiger partial charge in [-0.1, -0.05) is 30.3 Å². The summed E-state index contributed by atoms with van der Waals surface area (Å²) in [6, 6.07) is 14.7. The number of para-hydroxylation sites is 1. The number of non-ortho nitro benzene ring substituents is 1. The molecule has 7 nitrogen and oxygen atoms in total. The van der Waals surface area contributed by atoms with Gasteiger partial charge >= 0.3 is 0 Å². The number of aromatic nitrogens is 3. The highest BCUT2D eigenvalue weighted by molar-refractivity contribution is 6.07. The van der Waals surface area contributed by atoms with Gasteiger partial charge in [-0.2, -0.15) is 0 Å². The Kier molecular flexibility index (Phi) is 3.45. The number of nitrogens with zero attached hydrogens (tertiary/aromatic N) is 4. The number of nitro benzene ring substituents is 1. The highest BCUT2D eigenvalue weighted by Gasteiger charge is 2.19. The maximum atomic E-state index is 12.5. The summed E-state index contributed by atoms with van der Waals surface area (Å²) >= 11 is 0. The maximum absolute atomic E-state index is 12.5. The van der Waals surface area contributed by atoms with Crippen LogP contribution in [-0.2, 0) is 0 Å². The molecule has 3 rings (SSSR count). The molecule has 0 saturated carbocycles. The van der Waals surface area contributed by atoms with E-state index in [-0.39, 0.29) is 17.1 Å². The molecule has 0 bridgehead atoms. The minimum atomic E-state index is -0.543. The Balaban J connectivity index is 2.02. The first-order chi connectivity index (χ1) is 10.7. The second kappa shape index (κ2) is 5.57. The van der Waals surface area contributed by atoms with Gasteiger partial charge in [0, 0.05) is 23.4 Å². The minimum Gasteiger partial charge on any atom is -0.285 e. The summed E-state index contributed by atoms with van der Waals surface area (Å²) in [6.07, 6.45) is 1.43. The second-order valence-corrected chi connectivity index (χ2v) is 4.50. The lowest BCUT2D eigenvalue weighted by Crippen LogP contribution is -2.10. The number of ketones is 1. The number of carbonyl (C=O) groups excluding carboxylic acids is 1. The Morgan fingerprint density at radius 1 is 1.09 bits per heavy atom. The Morgan fingerprint density at radius 2 is 1.86 bits per heavy atom. The summed E-state index contributed by atoms with van der Waals surface area (Å²) in [5, 5.41) is 18.4. The van der Waals surface area contributed by atoms with Gasteiger partial charge in [0.2, 0.25) is 11.6 Å². The van der Waals surface area contributed by atoms with E-state index in [2.05, 4.69) is 10.2 Å². The summed E-state index contributed by atoms with van der Waals surface area (Å²) in [4.78, 5) is 22.8. The van der Waals surface area contributed by atoms with Gasteiger partial charge in [-0.05, 0) is 12.1 Å². The monoisotopic (exact) mass is 294 g/mol. The van der Waals surface area contributed by atoms with Crippen LogP contribution in [0.25, 0.3) is 5.69 Å². The van der Waals surface area contributed by atoms with Crippen LogP contribution in [0.3, 0.4) is 0 Å². The van der Waals surface area contributed by atoms with Gasteiger partial charge in [-0.25, -0.2) is 0 Å². The van der Waals surface area contributed by atoms with Crippen molar-refractivity contribution in [2.45, 2.75) is 0 Å². The normalized spacial score (nSPS) is 10.4. The number of hydrogen-bond acceptors (Lipinski definition) is 5. The predicted octanol–water partition coefficient (Wildman–Crippen LogP) is 2.41. The zero-order valence-corrected chi connectivity index (χ0v) is 11.3. The number of carbonyl (C=O) groups is 1. The van der Waals surface area contributed by atoms with Crippen molar-refractivity contribution < 1.29 is 9.72 Å². The Morgan fingerprint density at radius 3 is 2.59 bits per heavy atom. The van der Waals surface area contributed by atoms with Crippen LogP contribution in [0.1, 0.15) is 16.2 Å². The van der Waals surface area contributed by atoms with Crippen LogP contribution in [0.5, 0.6) is 0 Å². The van der Waals surface area contributed by atoms with Crippen LogP contribution in [0.2, 0.25) is 0 Å². The lowest BCUT2D eigenvalue weighted by Gasteiger charge is -2.05. The topological polar surface area (TPSA) is 90.9 Å². The highest BCUT2D eigenvalue weighted by Crippen LogP contribution is 2.17. The van der Waals surface area contributed by atoms with Gasteiger partial charge in [0.1, 0.15) is 6.33 Å². The summed E-state index contributed by atoms with van der Waals surface area (Å²) in [5.41, 5.74) is 0.789. The molecular formula is C15H10N4O3.